The van der Waals surface area contributed by atoms with Crippen molar-refractivity contribution >= 4 is 17.5 Å². The topological polar surface area (TPSA) is 93.1 Å². The molecule has 0 saturated carbocycles. The average Bonchev–Trinajstić information content (AvgIpc) is 2.76. The highest BCUT2D eigenvalue weighted by molar-refractivity contribution is 6.37. The standard InChI is InChI=1S/C25H29NO6/c1-17(2)32-24-20(16-26-8-10-31-11-9-26)13-19(12-18-6-4-3-5-7-18)14-21(24)22(27)15-23(28)25(29)30/h3-7,13-14,17H,8-12,15-16H2,1-2H3,(H,29,30). The van der Waals surface area contributed by atoms with E-state index >= 15 is 0 Å². The van der Waals surface area contributed by atoms with E-state index in [2.05, 4.69) is 4.90 Å². The molecule has 7 heteroatoms. The molecule has 2 aromatic carbocycles. The highest BCUT2D eigenvalue weighted by Crippen LogP contribution is 2.31. The smallest absolute Gasteiger partial charge is 0.372 e. The Morgan fingerprint density at radius 2 is 1.75 bits per heavy atom. The van der Waals surface area contributed by atoms with E-state index in [1.54, 1.807) is 6.07 Å². The van der Waals surface area contributed by atoms with Crippen molar-refractivity contribution in [3.63, 3.8) is 0 Å². The highest BCUT2D eigenvalue weighted by atomic mass is 16.5. The number of aliphatic carboxylic acids is 1. The molecular weight excluding hydrogens is 410 g/mol. The number of rotatable bonds is 10. The molecule has 0 spiro atoms. The molecule has 32 heavy (non-hydrogen) atoms. The Labute approximate surface area is 187 Å². The molecule has 1 N–H and O–H groups in total. The Morgan fingerprint density at radius 3 is 2.38 bits per heavy atom. The molecule has 3 rings (SSSR count). The lowest BCUT2D eigenvalue weighted by Crippen LogP contribution is -2.36. The van der Waals surface area contributed by atoms with E-state index in [1.807, 2.05) is 50.2 Å². The van der Waals surface area contributed by atoms with Gasteiger partial charge in [-0.2, -0.15) is 0 Å². The maximum Gasteiger partial charge on any atom is 0.372 e. The summed E-state index contributed by atoms with van der Waals surface area (Å²) in [6, 6.07) is 13.6. The number of benzene rings is 2. The number of Topliss-reactive ketones (excluding diaryl/α,β-unsaturated/α-hetero) is 2. The van der Waals surface area contributed by atoms with Crippen molar-refractivity contribution in [2.75, 3.05) is 26.3 Å². The van der Waals surface area contributed by atoms with Crippen molar-refractivity contribution in [2.45, 2.75) is 39.3 Å². The molecule has 170 valence electrons. The van der Waals surface area contributed by atoms with Gasteiger partial charge in [0.25, 0.3) is 0 Å². The Hall–Kier alpha value is -3.03. The number of carbonyl (C=O) groups excluding carboxylic acids is 2. The molecule has 0 amide bonds. The van der Waals surface area contributed by atoms with E-state index in [0.717, 1.165) is 29.8 Å². The van der Waals surface area contributed by atoms with E-state index in [4.69, 9.17) is 14.6 Å². The predicted molar refractivity (Wildman–Crippen MR) is 119 cm³/mol. The monoisotopic (exact) mass is 439 g/mol. The molecule has 0 aromatic heterocycles. The number of morpholine rings is 1. The van der Waals surface area contributed by atoms with Gasteiger partial charge in [0.05, 0.1) is 31.3 Å². The van der Waals surface area contributed by atoms with Gasteiger partial charge in [0.2, 0.25) is 5.78 Å². The second kappa shape index (κ2) is 11.0. The van der Waals surface area contributed by atoms with E-state index < -0.39 is 24.0 Å². The number of carboxylic acid groups (broad SMARTS) is 1. The summed E-state index contributed by atoms with van der Waals surface area (Å²) in [4.78, 5) is 38.0. The molecule has 0 atom stereocenters. The summed E-state index contributed by atoms with van der Waals surface area (Å²) in [5.74, 6) is -2.87. The molecule has 1 saturated heterocycles. The number of carbonyl (C=O) groups is 3. The minimum absolute atomic E-state index is 0.194. The molecule has 0 bridgehead atoms. The molecule has 0 radical (unpaired) electrons. The molecule has 1 aliphatic rings. The molecule has 1 heterocycles. The van der Waals surface area contributed by atoms with Gasteiger partial charge >= 0.3 is 5.97 Å². The van der Waals surface area contributed by atoms with Crippen molar-refractivity contribution in [3.8, 4) is 5.75 Å². The lowest BCUT2D eigenvalue weighted by atomic mass is 9.94. The summed E-state index contributed by atoms with van der Waals surface area (Å²) in [6.45, 7) is 7.13. The van der Waals surface area contributed by atoms with Crippen molar-refractivity contribution in [1.29, 1.82) is 0 Å². The molecule has 2 aromatic rings. The molecular formula is C25H29NO6. The summed E-state index contributed by atoms with van der Waals surface area (Å²) in [5.41, 5.74) is 3.09. The first-order chi connectivity index (χ1) is 15.3. The summed E-state index contributed by atoms with van der Waals surface area (Å²) < 4.78 is 11.5. The van der Waals surface area contributed by atoms with E-state index in [-0.39, 0.29) is 11.7 Å². The van der Waals surface area contributed by atoms with E-state index in [1.165, 1.54) is 0 Å². The van der Waals surface area contributed by atoms with Gasteiger partial charge in [0.15, 0.2) is 5.78 Å². The quantitative estimate of drug-likeness (QED) is 0.345. The van der Waals surface area contributed by atoms with Gasteiger partial charge in [0, 0.05) is 25.2 Å². The van der Waals surface area contributed by atoms with E-state index in [0.29, 0.717) is 31.9 Å². The fraction of sp³-hybridized carbons (Fsp3) is 0.400. The SMILES string of the molecule is CC(C)Oc1c(CN2CCOCC2)cc(Cc2ccccc2)cc1C(=O)CC(=O)C(=O)O. The van der Waals surface area contributed by atoms with Crippen LogP contribution in [-0.2, 0) is 27.3 Å². The van der Waals surface area contributed by atoms with Crippen LogP contribution in [0.1, 0.15) is 47.3 Å². The second-order valence-electron chi connectivity index (χ2n) is 8.18. The van der Waals surface area contributed by atoms with Crippen LogP contribution in [0.15, 0.2) is 42.5 Å². The van der Waals surface area contributed by atoms with Crippen LogP contribution in [0.2, 0.25) is 0 Å². The van der Waals surface area contributed by atoms with E-state index in [9.17, 15) is 14.4 Å². The first-order valence-corrected chi connectivity index (χ1v) is 10.8. The van der Waals surface area contributed by atoms with Crippen LogP contribution >= 0.6 is 0 Å². The zero-order valence-corrected chi connectivity index (χ0v) is 18.5. The largest absolute Gasteiger partial charge is 0.490 e. The number of ether oxygens (including phenoxy) is 2. The fourth-order valence-corrected chi connectivity index (χ4v) is 3.70. The molecule has 0 aliphatic carbocycles. The Bertz CT molecular complexity index is 964. The second-order valence-corrected chi connectivity index (χ2v) is 8.18. The van der Waals surface area contributed by atoms with Gasteiger partial charge in [-0.25, -0.2) is 4.79 Å². The number of hydrogen-bond donors (Lipinski definition) is 1. The summed E-state index contributed by atoms with van der Waals surface area (Å²) in [7, 11) is 0. The van der Waals surface area contributed by atoms with Gasteiger partial charge in [0.1, 0.15) is 5.75 Å². The Balaban J connectivity index is 2.03. The van der Waals surface area contributed by atoms with Crippen molar-refractivity contribution in [2.24, 2.45) is 0 Å². The third-order valence-corrected chi connectivity index (χ3v) is 5.19. The van der Waals surface area contributed by atoms with Crippen LogP contribution in [0.25, 0.3) is 0 Å². The van der Waals surface area contributed by atoms with Crippen LogP contribution in [0.4, 0.5) is 0 Å². The average molecular weight is 440 g/mol. The van der Waals surface area contributed by atoms with Crippen molar-refractivity contribution in [3.05, 3.63) is 64.7 Å². The fourth-order valence-electron chi connectivity index (χ4n) is 3.70. The Morgan fingerprint density at radius 1 is 1.06 bits per heavy atom. The molecule has 7 nitrogen and oxygen atoms in total. The lowest BCUT2D eigenvalue weighted by molar-refractivity contribution is -0.148. The van der Waals surface area contributed by atoms with Crippen molar-refractivity contribution < 1.29 is 29.0 Å². The first kappa shape index (κ1) is 23.6. The number of ketones is 2. The maximum atomic E-state index is 13.0. The third kappa shape index (κ3) is 6.48. The zero-order valence-electron chi connectivity index (χ0n) is 18.5. The van der Waals surface area contributed by atoms with Gasteiger partial charge in [-0.15, -0.1) is 0 Å². The Kier molecular flexibility index (Phi) is 8.14. The van der Waals surface area contributed by atoms with Crippen molar-refractivity contribution in [1.82, 2.24) is 4.90 Å². The lowest BCUT2D eigenvalue weighted by Gasteiger charge is -2.28. The summed E-state index contributed by atoms with van der Waals surface area (Å²) in [6.07, 6.45) is -0.290. The normalized spacial score (nSPS) is 14.3. The van der Waals surface area contributed by atoms with Crippen LogP contribution in [0, 0.1) is 0 Å². The van der Waals surface area contributed by atoms with Gasteiger partial charge in [-0.3, -0.25) is 14.5 Å². The first-order valence-electron chi connectivity index (χ1n) is 10.8. The zero-order chi connectivity index (χ0) is 23.1. The third-order valence-electron chi connectivity index (χ3n) is 5.19. The minimum atomic E-state index is -1.61. The number of nitrogens with zero attached hydrogens (tertiary/aromatic N) is 1. The molecule has 0 unspecified atom stereocenters. The highest BCUT2D eigenvalue weighted by Gasteiger charge is 2.25. The van der Waals surface area contributed by atoms with Crippen LogP contribution in [0.5, 0.6) is 5.75 Å². The summed E-state index contributed by atoms with van der Waals surface area (Å²) in [5, 5.41) is 8.96. The van der Waals surface area contributed by atoms with Gasteiger partial charge in [-0.05, 0) is 37.5 Å². The predicted octanol–water partition coefficient (Wildman–Crippen LogP) is 3.12. The van der Waals surface area contributed by atoms with Crippen LogP contribution in [-0.4, -0.2) is 59.9 Å². The number of carboxylic acids is 1. The van der Waals surface area contributed by atoms with Crippen LogP contribution in [0.3, 0.4) is 0 Å². The molecule has 1 fully saturated rings. The van der Waals surface area contributed by atoms with Crippen LogP contribution < -0.4 is 4.74 Å². The minimum Gasteiger partial charge on any atom is -0.490 e. The molecule has 1 aliphatic heterocycles. The maximum absolute atomic E-state index is 13.0. The summed E-state index contributed by atoms with van der Waals surface area (Å²) >= 11 is 0. The number of hydrogen-bond acceptors (Lipinski definition) is 6. The van der Waals surface area contributed by atoms with Gasteiger partial charge < -0.3 is 14.6 Å². The van der Waals surface area contributed by atoms with Gasteiger partial charge in [-0.1, -0.05) is 36.4 Å².